The van der Waals surface area contributed by atoms with Crippen molar-refractivity contribution in [2.24, 2.45) is 7.05 Å². The van der Waals surface area contributed by atoms with Crippen LogP contribution in [-0.2, 0) is 12.8 Å². The lowest BCUT2D eigenvalue weighted by Crippen LogP contribution is -2.00. The zero-order valence-corrected chi connectivity index (χ0v) is 15.8. The van der Waals surface area contributed by atoms with E-state index in [4.69, 9.17) is 16.3 Å². The van der Waals surface area contributed by atoms with Crippen molar-refractivity contribution in [3.8, 4) is 11.4 Å². The van der Waals surface area contributed by atoms with Crippen molar-refractivity contribution in [2.75, 3.05) is 7.11 Å². The predicted octanol–water partition coefficient (Wildman–Crippen LogP) is 4.11. The molecule has 0 fully saturated rings. The molecule has 0 amide bonds. The van der Waals surface area contributed by atoms with E-state index in [-0.39, 0.29) is 0 Å². The fourth-order valence-corrected chi connectivity index (χ4v) is 3.87. The van der Waals surface area contributed by atoms with Gasteiger partial charge in [0.25, 0.3) is 0 Å². The molecule has 0 saturated carbocycles. The Labute approximate surface area is 159 Å². The Morgan fingerprint density at radius 3 is 2.88 bits per heavy atom. The average Bonchev–Trinajstić information content (AvgIpc) is 3.24. The van der Waals surface area contributed by atoms with Gasteiger partial charge in [-0.25, -0.2) is 4.98 Å². The quantitative estimate of drug-likeness (QED) is 0.484. The molecule has 132 valence electrons. The van der Waals surface area contributed by atoms with E-state index in [1.54, 1.807) is 25.2 Å². The molecule has 4 rings (SSSR count). The third kappa shape index (κ3) is 3.04. The molecule has 26 heavy (non-hydrogen) atoms. The number of rotatable bonds is 5. The Morgan fingerprint density at radius 1 is 1.19 bits per heavy atom. The van der Waals surface area contributed by atoms with E-state index in [9.17, 15) is 0 Å². The molecule has 2 aromatic carbocycles. The number of thioether (sulfide) groups is 1. The second-order valence-electron chi connectivity index (χ2n) is 5.66. The summed E-state index contributed by atoms with van der Waals surface area (Å²) in [5.74, 6) is 2.38. The van der Waals surface area contributed by atoms with Crippen LogP contribution in [0.2, 0.25) is 5.02 Å². The summed E-state index contributed by atoms with van der Waals surface area (Å²) in [4.78, 5) is 4.68. The number of hydrogen-bond donors (Lipinski definition) is 0. The van der Waals surface area contributed by atoms with Crippen LogP contribution in [0.1, 0.15) is 5.82 Å². The topological polar surface area (TPSA) is 57.8 Å². The number of nitrogens with zero attached hydrogens (tertiary/aromatic N) is 5. The molecule has 0 aliphatic carbocycles. The lowest BCUT2D eigenvalue weighted by molar-refractivity contribution is 0.412. The maximum absolute atomic E-state index is 6.07. The van der Waals surface area contributed by atoms with Crippen molar-refractivity contribution >= 4 is 34.4 Å². The normalized spacial score (nSPS) is 11.2. The minimum absolute atomic E-state index is 0.663. The average molecular weight is 386 g/mol. The zero-order valence-electron chi connectivity index (χ0n) is 14.3. The Morgan fingerprint density at radius 2 is 2.04 bits per heavy atom. The summed E-state index contributed by atoms with van der Waals surface area (Å²) in [7, 11) is 3.66. The van der Waals surface area contributed by atoms with Gasteiger partial charge < -0.3 is 9.30 Å². The molecule has 0 N–H and O–H groups in total. The number of aryl methyl sites for hydroxylation is 1. The number of aromatic nitrogens is 5. The Hall–Kier alpha value is -2.51. The van der Waals surface area contributed by atoms with Gasteiger partial charge in [-0.3, -0.25) is 4.57 Å². The molecular weight excluding hydrogens is 370 g/mol. The molecule has 0 unspecified atom stereocenters. The second-order valence-corrected chi connectivity index (χ2v) is 7.04. The highest BCUT2D eigenvalue weighted by Gasteiger charge is 2.14. The smallest absolute Gasteiger partial charge is 0.196 e. The van der Waals surface area contributed by atoms with E-state index in [1.807, 2.05) is 54.1 Å². The van der Waals surface area contributed by atoms with Crippen LogP contribution in [0, 0.1) is 0 Å². The van der Waals surface area contributed by atoms with Crippen LogP contribution in [0.15, 0.2) is 53.9 Å². The lowest BCUT2D eigenvalue weighted by atomic mass is 10.3. The van der Waals surface area contributed by atoms with Crippen molar-refractivity contribution in [3.63, 3.8) is 0 Å². The number of imidazole rings is 1. The number of fused-ring (bicyclic) bond motifs is 1. The van der Waals surface area contributed by atoms with Gasteiger partial charge in [0.15, 0.2) is 5.16 Å². The molecule has 6 nitrogen and oxygen atoms in total. The Kier molecular flexibility index (Phi) is 4.57. The van der Waals surface area contributed by atoms with Crippen molar-refractivity contribution in [1.29, 1.82) is 0 Å². The summed E-state index contributed by atoms with van der Waals surface area (Å²) < 4.78 is 9.43. The molecule has 2 heterocycles. The number of benzene rings is 2. The number of para-hydroxylation sites is 2. The standard InChI is InChI=1S/C18H16ClN5OS/c1-23-14-8-7-12(19)9-13(14)21-17(23)10-26-18-22-20-11-24(18)15-5-3-4-6-16(15)25-2/h3-9,11H,10H2,1-2H3. The summed E-state index contributed by atoms with van der Waals surface area (Å²) in [6.07, 6.45) is 1.69. The van der Waals surface area contributed by atoms with E-state index in [0.717, 1.165) is 33.5 Å². The summed E-state index contributed by atoms with van der Waals surface area (Å²) in [5.41, 5.74) is 2.84. The largest absolute Gasteiger partial charge is 0.495 e. The van der Waals surface area contributed by atoms with Crippen LogP contribution in [0.3, 0.4) is 0 Å². The highest BCUT2D eigenvalue weighted by Crippen LogP contribution is 2.29. The first-order valence-electron chi connectivity index (χ1n) is 7.94. The van der Waals surface area contributed by atoms with E-state index < -0.39 is 0 Å². The van der Waals surface area contributed by atoms with Crippen molar-refractivity contribution in [2.45, 2.75) is 10.9 Å². The molecule has 0 aliphatic rings. The SMILES string of the molecule is COc1ccccc1-n1cnnc1SCc1nc2cc(Cl)ccc2n1C. The Bertz CT molecular complexity index is 1070. The Balaban J connectivity index is 1.62. The predicted molar refractivity (Wildman–Crippen MR) is 103 cm³/mol. The van der Waals surface area contributed by atoms with E-state index >= 15 is 0 Å². The highest BCUT2D eigenvalue weighted by molar-refractivity contribution is 7.98. The van der Waals surface area contributed by atoms with Crippen LogP contribution in [0.25, 0.3) is 16.7 Å². The van der Waals surface area contributed by atoms with Crippen LogP contribution >= 0.6 is 23.4 Å². The van der Waals surface area contributed by atoms with Gasteiger partial charge in [-0.2, -0.15) is 0 Å². The first-order valence-corrected chi connectivity index (χ1v) is 9.31. The van der Waals surface area contributed by atoms with Gasteiger partial charge in [0.2, 0.25) is 0 Å². The van der Waals surface area contributed by atoms with Gasteiger partial charge in [-0.15, -0.1) is 10.2 Å². The molecular formula is C18H16ClN5OS. The van der Waals surface area contributed by atoms with Crippen LogP contribution in [-0.4, -0.2) is 31.4 Å². The van der Waals surface area contributed by atoms with Crippen molar-refractivity contribution in [3.05, 3.63) is 59.6 Å². The van der Waals surface area contributed by atoms with Gasteiger partial charge in [0.1, 0.15) is 17.9 Å². The molecule has 0 atom stereocenters. The number of halogens is 1. The van der Waals surface area contributed by atoms with Gasteiger partial charge in [0.05, 0.1) is 29.6 Å². The van der Waals surface area contributed by atoms with Crippen LogP contribution in [0.5, 0.6) is 5.75 Å². The van der Waals surface area contributed by atoms with Gasteiger partial charge in [0, 0.05) is 12.1 Å². The summed E-state index contributed by atoms with van der Waals surface area (Å²) in [6.45, 7) is 0. The summed E-state index contributed by atoms with van der Waals surface area (Å²) >= 11 is 7.64. The molecule has 8 heteroatoms. The molecule has 0 aliphatic heterocycles. The third-order valence-electron chi connectivity index (χ3n) is 4.13. The minimum Gasteiger partial charge on any atom is -0.495 e. The summed E-state index contributed by atoms with van der Waals surface area (Å²) in [5, 5.41) is 9.76. The number of hydrogen-bond acceptors (Lipinski definition) is 5. The van der Waals surface area contributed by atoms with Crippen molar-refractivity contribution < 1.29 is 4.74 Å². The van der Waals surface area contributed by atoms with Gasteiger partial charge in [-0.05, 0) is 30.3 Å². The molecule has 0 bridgehead atoms. The van der Waals surface area contributed by atoms with E-state index in [0.29, 0.717) is 10.8 Å². The third-order valence-corrected chi connectivity index (χ3v) is 5.30. The molecule has 0 saturated heterocycles. The fraction of sp³-hybridized carbons (Fsp3) is 0.167. The van der Waals surface area contributed by atoms with Crippen molar-refractivity contribution in [1.82, 2.24) is 24.3 Å². The molecule has 2 aromatic heterocycles. The monoisotopic (exact) mass is 385 g/mol. The van der Waals surface area contributed by atoms with Crippen LogP contribution in [0.4, 0.5) is 0 Å². The number of methoxy groups -OCH3 is 1. The maximum Gasteiger partial charge on any atom is 0.196 e. The molecule has 0 spiro atoms. The zero-order chi connectivity index (χ0) is 18.1. The minimum atomic E-state index is 0.663. The van der Waals surface area contributed by atoms with E-state index in [2.05, 4.69) is 19.7 Å². The first-order chi connectivity index (χ1) is 12.7. The van der Waals surface area contributed by atoms with E-state index in [1.165, 1.54) is 0 Å². The molecule has 4 aromatic rings. The van der Waals surface area contributed by atoms with Gasteiger partial charge >= 0.3 is 0 Å². The van der Waals surface area contributed by atoms with Crippen LogP contribution < -0.4 is 4.74 Å². The highest BCUT2D eigenvalue weighted by atomic mass is 35.5. The fourth-order valence-electron chi connectivity index (χ4n) is 2.80. The summed E-state index contributed by atoms with van der Waals surface area (Å²) in [6, 6.07) is 13.5. The van der Waals surface area contributed by atoms with Gasteiger partial charge in [-0.1, -0.05) is 35.5 Å². The second kappa shape index (κ2) is 7.01. The first kappa shape index (κ1) is 16.9. The maximum atomic E-state index is 6.07. The lowest BCUT2D eigenvalue weighted by Gasteiger charge is -2.10. The number of ether oxygens (including phenoxy) is 1. The molecule has 0 radical (unpaired) electrons.